The van der Waals surface area contributed by atoms with Gasteiger partial charge in [0.1, 0.15) is 10.7 Å². The number of anilines is 1. The second kappa shape index (κ2) is 9.53. The summed E-state index contributed by atoms with van der Waals surface area (Å²) in [5, 5.41) is 2.47. The van der Waals surface area contributed by atoms with Crippen LogP contribution in [0.25, 0.3) is 0 Å². The number of esters is 1. The minimum Gasteiger partial charge on any atom is -0.455 e. The van der Waals surface area contributed by atoms with Gasteiger partial charge in [-0.15, -0.1) is 0 Å². The Morgan fingerprint density at radius 2 is 1.83 bits per heavy atom. The van der Waals surface area contributed by atoms with Crippen molar-refractivity contribution in [3.63, 3.8) is 0 Å². The molecule has 0 aromatic heterocycles. The number of rotatable bonds is 7. The van der Waals surface area contributed by atoms with E-state index in [4.69, 9.17) is 27.9 Å². The van der Waals surface area contributed by atoms with Gasteiger partial charge in [0.25, 0.3) is 5.91 Å². The molecule has 0 aliphatic carbocycles. The molecule has 156 valence electrons. The van der Waals surface area contributed by atoms with Gasteiger partial charge in [-0.2, -0.15) is 0 Å². The van der Waals surface area contributed by atoms with Gasteiger partial charge < -0.3 is 10.1 Å². The van der Waals surface area contributed by atoms with Crippen LogP contribution in [0.1, 0.15) is 5.56 Å². The molecule has 0 aliphatic rings. The molecule has 0 heterocycles. The molecule has 2 aromatic carbocycles. The van der Waals surface area contributed by atoms with Gasteiger partial charge in [0.05, 0.1) is 11.4 Å². The van der Waals surface area contributed by atoms with Crippen molar-refractivity contribution in [2.24, 2.45) is 0 Å². The first-order chi connectivity index (χ1) is 13.5. The van der Waals surface area contributed by atoms with Crippen LogP contribution in [0.3, 0.4) is 0 Å². The zero-order chi connectivity index (χ0) is 21.8. The van der Waals surface area contributed by atoms with Crippen molar-refractivity contribution in [3.8, 4) is 0 Å². The molecule has 0 atom stereocenters. The summed E-state index contributed by atoms with van der Waals surface area (Å²) in [6, 6.07) is 7.89. The second-order valence-corrected chi connectivity index (χ2v) is 8.95. The minimum absolute atomic E-state index is 0.00936. The van der Waals surface area contributed by atoms with E-state index in [9.17, 15) is 22.4 Å². The van der Waals surface area contributed by atoms with Gasteiger partial charge in [0, 0.05) is 30.4 Å². The molecule has 11 heteroatoms. The third-order valence-corrected chi connectivity index (χ3v) is 6.37. The summed E-state index contributed by atoms with van der Waals surface area (Å²) < 4.78 is 44.0. The van der Waals surface area contributed by atoms with E-state index in [1.807, 2.05) is 0 Å². The monoisotopic (exact) mass is 462 g/mol. The Morgan fingerprint density at radius 1 is 1.14 bits per heavy atom. The predicted molar refractivity (Wildman–Crippen MR) is 107 cm³/mol. The molecule has 0 bridgehead atoms. The van der Waals surface area contributed by atoms with Gasteiger partial charge in [-0.25, -0.2) is 17.1 Å². The van der Waals surface area contributed by atoms with E-state index in [0.29, 0.717) is 0 Å². The summed E-state index contributed by atoms with van der Waals surface area (Å²) in [6.07, 6.45) is -0.440. The molecule has 29 heavy (non-hydrogen) atoms. The summed E-state index contributed by atoms with van der Waals surface area (Å²) in [5.74, 6) is -2.22. The molecule has 0 unspecified atom stereocenters. The summed E-state index contributed by atoms with van der Waals surface area (Å²) in [6.45, 7) is -0.650. The lowest BCUT2D eigenvalue weighted by Gasteiger charge is -2.14. The Balaban J connectivity index is 2.00. The lowest BCUT2D eigenvalue weighted by molar-refractivity contribution is -0.146. The van der Waals surface area contributed by atoms with E-state index in [1.54, 1.807) is 0 Å². The van der Waals surface area contributed by atoms with E-state index >= 15 is 0 Å². The van der Waals surface area contributed by atoms with Crippen molar-refractivity contribution in [1.29, 1.82) is 0 Å². The average molecular weight is 463 g/mol. The van der Waals surface area contributed by atoms with Crippen molar-refractivity contribution >= 4 is 50.8 Å². The lowest BCUT2D eigenvalue weighted by atomic mass is 10.1. The fourth-order valence-corrected chi connectivity index (χ4v) is 3.84. The molecule has 1 N–H and O–H groups in total. The fourth-order valence-electron chi connectivity index (χ4n) is 2.22. The Hall–Kier alpha value is -2.20. The number of hydrogen-bond acceptors (Lipinski definition) is 5. The number of halogens is 3. The molecule has 0 saturated carbocycles. The van der Waals surface area contributed by atoms with Gasteiger partial charge in [-0.1, -0.05) is 29.3 Å². The van der Waals surface area contributed by atoms with E-state index in [2.05, 4.69) is 5.32 Å². The molecule has 0 saturated heterocycles. The van der Waals surface area contributed by atoms with Crippen molar-refractivity contribution < 1.29 is 27.1 Å². The number of benzene rings is 2. The second-order valence-electron chi connectivity index (χ2n) is 6.02. The van der Waals surface area contributed by atoms with Crippen LogP contribution in [-0.2, 0) is 30.8 Å². The zero-order valence-corrected chi connectivity index (χ0v) is 17.7. The third-order valence-electron chi connectivity index (χ3n) is 3.72. The summed E-state index contributed by atoms with van der Waals surface area (Å²) in [7, 11) is -1.13. The van der Waals surface area contributed by atoms with E-state index in [1.165, 1.54) is 44.4 Å². The van der Waals surface area contributed by atoms with Crippen LogP contribution in [0, 0.1) is 5.82 Å². The van der Waals surface area contributed by atoms with Gasteiger partial charge >= 0.3 is 5.97 Å². The maximum Gasteiger partial charge on any atom is 0.310 e. The van der Waals surface area contributed by atoms with Crippen LogP contribution in [0.15, 0.2) is 41.3 Å². The zero-order valence-electron chi connectivity index (χ0n) is 15.4. The van der Waals surface area contributed by atoms with Gasteiger partial charge in [-0.3, -0.25) is 9.59 Å². The van der Waals surface area contributed by atoms with Gasteiger partial charge in [-0.05, 0) is 30.3 Å². The Bertz CT molecular complexity index is 1020. The highest BCUT2D eigenvalue weighted by molar-refractivity contribution is 7.89. The van der Waals surface area contributed by atoms with Crippen LogP contribution >= 0.6 is 23.2 Å². The molecule has 0 aliphatic heterocycles. The minimum atomic E-state index is -3.82. The Kier molecular flexibility index (Phi) is 7.59. The van der Waals surface area contributed by atoms with E-state index in [-0.39, 0.29) is 26.2 Å². The van der Waals surface area contributed by atoms with Gasteiger partial charge in [0.15, 0.2) is 6.61 Å². The topological polar surface area (TPSA) is 92.8 Å². The highest BCUT2D eigenvalue weighted by Gasteiger charge is 2.21. The summed E-state index contributed by atoms with van der Waals surface area (Å²) in [5.41, 5.74) is 0.115. The lowest BCUT2D eigenvalue weighted by Crippen LogP contribution is -2.24. The SMILES string of the molecule is CN(C)S(=O)(=O)c1cc(NC(=O)COC(=O)Cc2c(F)cccc2Cl)ccc1Cl. The maximum absolute atomic E-state index is 13.7. The number of sulfonamides is 1. The fraction of sp³-hybridized carbons (Fsp3) is 0.222. The van der Waals surface area contributed by atoms with Crippen molar-refractivity contribution in [1.82, 2.24) is 4.31 Å². The molecule has 0 radical (unpaired) electrons. The van der Waals surface area contributed by atoms with Crippen LogP contribution in [0.4, 0.5) is 10.1 Å². The number of carbonyl (C=O) groups excluding carboxylic acids is 2. The Morgan fingerprint density at radius 3 is 2.45 bits per heavy atom. The normalized spacial score (nSPS) is 11.4. The van der Waals surface area contributed by atoms with Crippen molar-refractivity contribution in [2.45, 2.75) is 11.3 Å². The highest BCUT2D eigenvalue weighted by Crippen LogP contribution is 2.27. The molecule has 0 fully saturated rings. The molecule has 7 nitrogen and oxygen atoms in total. The quantitative estimate of drug-likeness (QED) is 0.638. The first-order valence-electron chi connectivity index (χ1n) is 8.13. The predicted octanol–water partition coefficient (Wildman–Crippen LogP) is 3.11. The smallest absolute Gasteiger partial charge is 0.310 e. The Labute approximate surface area is 177 Å². The van der Waals surface area contributed by atoms with Crippen LogP contribution in [0.2, 0.25) is 10.0 Å². The van der Waals surface area contributed by atoms with Crippen LogP contribution in [0.5, 0.6) is 0 Å². The standard InChI is InChI=1S/C18H17Cl2FN2O5S/c1-23(2)29(26,27)16-8-11(6-7-14(16)20)22-17(24)10-28-18(25)9-12-13(19)4-3-5-15(12)21/h3-8H,9-10H2,1-2H3,(H,22,24). The van der Waals surface area contributed by atoms with Crippen molar-refractivity contribution in [2.75, 3.05) is 26.0 Å². The molecule has 2 rings (SSSR count). The number of hydrogen-bond donors (Lipinski definition) is 1. The van der Waals surface area contributed by atoms with Crippen LogP contribution in [-0.4, -0.2) is 45.3 Å². The summed E-state index contributed by atoms with van der Waals surface area (Å²) in [4.78, 5) is 23.7. The molecular weight excluding hydrogens is 446 g/mol. The largest absolute Gasteiger partial charge is 0.455 e. The van der Waals surface area contributed by atoms with Crippen molar-refractivity contribution in [3.05, 3.63) is 57.8 Å². The molecule has 1 amide bonds. The first-order valence-corrected chi connectivity index (χ1v) is 10.3. The number of amides is 1. The number of ether oxygens (including phenoxy) is 1. The number of carbonyl (C=O) groups is 2. The van der Waals surface area contributed by atoms with Gasteiger partial charge in [0.2, 0.25) is 10.0 Å². The molecular formula is C18H17Cl2FN2O5S. The van der Waals surface area contributed by atoms with E-state index in [0.717, 1.165) is 10.4 Å². The highest BCUT2D eigenvalue weighted by atomic mass is 35.5. The third kappa shape index (κ3) is 5.89. The maximum atomic E-state index is 13.7. The van der Waals surface area contributed by atoms with E-state index < -0.39 is 40.7 Å². The number of nitrogens with zero attached hydrogens (tertiary/aromatic N) is 1. The average Bonchev–Trinajstić information content (AvgIpc) is 2.64. The molecule has 2 aromatic rings. The molecule has 0 spiro atoms. The number of nitrogens with one attached hydrogen (secondary N) is 1. The first kappa shape index (κ1) is 23.1. The van der Waals surface area contributed by atoms with Crippen LogP contribution < -0.4 is 5.32 Å². The summed E-state index contributed by atoms with van der Waals surface area (Å²) >= 11 is 11.8.